The Balaban J connectivity index is 1.71. The second kappa shape index (κ2) is 7.82. The van der Waals surface area contributed by atoms with Crippen LogP contribution in [0.2, 0.25) is 0 Å². The van der Waals surface area contributed by atoms with Gasteiger partial charge in [0.15, 0.2) is 5.13 Å². The third-order valence-corrected chi connectivity index (χ3v) is 5.09. The van der Waals surface area contributed by atoms with Gasteiger partial charge in [-0.3, -0.25) is 4.72 Å². The molecule has 0 aliphatic rings. The number of urea groups is 1. The van der Waals surface area contributed by atoms with E-state index in [9.17, 15) is 18.0 Å². The van der Waals surface area contributed by atoms with Gasteiger partial charge in [-0.15, -0.1) is 0 Å². The molecule has 28 heavy (non-hydrogen) atoms. The van der Waals surface area contributed by atoms with Gasteiger partial charge in [-0.25, -0.2) is 23.0 Å². The highest BCUT2D eigenvalue weighted by molar-refractivity contribution is 7.92. The molecule has 0 bridgehead atoms. The number of methoxy groups -OCH3 is 1. The summed E-state index contributed by atoms with van der Waals surface area (Å²) in [6.07, 6.45) is 1.05. The zero-order valence-electron chi connectivity index (χ0n) is 14.8. The summed E-state index contributed by atoms with van der Waals surface area (Å²) in [6.45, 7) is 0. The maximum absolute atomic E-state index is 12.2. The summed E-state index contributed by atoms with van der Waals surface area (Å²) in [6, 6.07) is 10.9. The Morgan fingerprint density at radius 1 is 1.07 bits per heavy atom. The lowest BCUT2D eigenvalue weighted by Crippen LogP contribution is -2.19. The van der Waals surface area contributed by atoms with Gasteiger partial charge >= 0.3 is 12.0 Å². The summed E-state index contributed by atoms with van der Waals surface area (Å²) < 4.78 is 30.3. The Morgan fingerprint density at radius 3 is 2.46 bits per heavy atom. The molecule has 1 heterocycles. The summed E-state index contributed by atoms with van der Waals surface area (Å²) in [4.78, 5) is 28.0. The van der Waals surface area contributed by atoms with Crippen LogP contribution in [0.25, 0.3) is 10.2 Å². The fourth-order valence-electron chi connectivity index (χ4n) is 2.34. The molecule has 3 rings (SSSR count). The number of carbonyl (C=O) groups excluding carboxylic acids is 2. The molecule has 3 aromatic rings. The first kappa shape index (κ1) is 19.6. The molecule has 0 fully saturated rings. The van der Waals surface area contributed by atoms with Gasteiger partial charge in [0.2, 0.25) is 10.0 Å². The molecule has 0 aliphatic heterocycles. The number of fused-ring (bicyclic) bond motifs is 1. The van der Waals surface area contributed by atoms with Crippen molar-refractivity contribution in [3.8, 4) is 0 Å². The lowest BCUT2D eigenvalue weighted by atomic mass is 10.2. The van der Waals surface area contributed by atoms with Crippen LogP contribution in [0.4, 0.5) is 21.3 Å². The Hall–Kier alpha value is -3.18. The maximum Gasteiger partial charge on any atom is 0.337 e. The second-order valence-electron chi connectivity index (χ2n) is 5.73. The van der Waals surface area contributed by atoms with Gasteiger partial charge in [0, 0.05) is 11.4 Å². The highest BCUT2D eigenvalue weighted by Crippen LogP contribution is 2.29. The van der Waals surface area contributed by atoms with Crippen molar-refractivity contribution in [2.75, 3.05) is 28.7 Å². The largest absolute Gasteiger partial charge is 0.465 e. The predicted octanol–water partition coefficient (Wildman–Crippen LogP) is 3.10. The van der Waals surface area contributed by atoms with Crippen LogP contribution in [-0.2, 0) is 14.8 Å². The quantitative estimate of drug-likeness (QED) is 0.545. The maximum atomic E-state index is 12.2. The van der Waals surface area contributed by atoms with Crippen molar-refractivity contribution >= 4 is 60.1 Å². The first-order valence-corrected chi connectivity index (χ1v) is 10.6. The standard InChI is InChI=1S/C17H16N4O5S2/c1-26-15(22)10-4-3-5-11(8-10)18-16(23)19-12-6-7-13-14(9-12)27-17(20-13)21-28(2,24)25/h3-9H,1-2H3,(H,20,21)(H2,18,19,23). The summed E-state index contributed by atoms with van der Waals surface area (Å²) in [5.74, 6) is -0.502. The Labute approximate surface area is 164 Å². The molecule has 0 saturated carbocycles. The molecular weight excluding hydrogens is 404 g/mol. The van der Waals surface area contributed by atoms with Crippen molar-refractivity contribution in [3.05, 3.63) is 48.0 Å². The van der Waals surface area contributed by atoms with Gasteiger partial charge in [-0.05, 0) is 36.4 Å². The second-order valence-corrected chi connectivity index (χ2v) is 8.51. The minimum atomic E-state index is -3.41. The molecule has 3 N–H and O–H groups in total. The van der Waals surface area contributed by atoms with Crippen LogP contribution in [0.15, 0.2) is 42.5 Å². The molecule has 2 amide bonds. The Morgan fingerprint density at radius 2 is 1.79 bits per heavy atom. The number of sulfonamides is 1. The van der Waals surface area contributed by atoms with Crippen molar-refractivity contribution < 1.29 is 22.7 Å². The molecule has 1 aromatic heterocycles. The first-order valence-electron chi connectivity index (χ1n) is 7.88. The number of nitrogens with one attached hydrogen (secondary N) is 3. The number of nitrogens with zero attached hydrogens (tertiary/aromatic N) is 1. The molecule has 0 atom stereocenters. The van der Waals surface area contributed by atoms with Crippen molar-refractivity contribution in [2.24, 2.45) is 0 Å². The number of hydrogen-bond donors (Lipinski definition) is 3. The molecule has 0 aliphatic carbocycles. The normalized spacial score (nSPS) is 11.1. The smallest absolute Gasteiger partial charge is 0.337 e. The fourth-order valence-corrected chi connectivity index (χ4v) is 4.08. The molecule has 146 valence electrons. The lowest BCUT2D eigenvalue weighted by molar-refractivity contribution is 0.0600. The van der Waals surface area contributed by atoms with Crippen molar-refractivity contribution in [1.29, 1.82) is 0 Å². The van der Waals surface area contributed by atoms with E-state index in [0.29, 0.717) is 27.2 Å². The number of esters is 1. The number of rotatable bonds is 5. The molecule has 0 saturated heterocycles. The topological polar surface area (TPSA) is 126 Å². The minimum Gasteiger partial charge on any atom is -0.465 e. The number of benzene rings is 2. The molecule has 0 unspecified atom stereocenters. The van der Waals surface area contributed by atoms with Crippen LogP contribution < -0.4 is 15.4 Å². The molecule has 9 nitrogen and oxygen atoms in total. The molecule has 2 aromatic carbocycles. The monoisotopic (exact) mass is 420 g/mol. The third-order valence-electron chi connectivity index (χ3n) is 3.46. The van der Waals surface area contributed by atoms with Crippen LogP contribution in [0.3, 0.4) is 0 Å². The molecule has 0 spiro atoms. The highest BCUT2D eigenvalue weighted by Gasteiger charge is 2.11. The van der Waals surface area contributed by atoms with E-state index in [0.717, 1.165) is 17.6 Å². The lowest BCUT2D eigenvalue weighted by Gasteiger charge is -2.08. The zero-order chi connectivity index (χ0) is 20.3. The molecular formula is C17H16N4O5S2. The number of thiazole rings is 1. The van der Waals surface area contributed by atoms with E-state index < -0.39 is 22.0 Å². The van der Waals surface area contributed by atoms with Gasteiger partial charge < -0.3 is 15.4 Å². The van der Waals surface area contributed by atoms with Crippen molar-refractivity contribution in [2.45, 2.75) is 0 Å². The van der Waals surface area contributed by atoms with Crippen LogP contribution >= 0.6 is 11.3 Å². The van der Waals surface area contributed by atoms with E-state index in [1.807, 2.05) is 0 Å². The van der Waals surface area contributed by atoms with E-state index in [-0.39, 0.29) is 5.13 Å². The number of amides is 2. The van der Waals surface area contributed by atoms with E-state index >= 15 is 0 Å². The number of anilines is 3. The van der Waals surface area contributed by atoms with Crippen LogP contribution in [0.1, 0.15) is 10.4 Å². The average Bonchev–Trinajstić information content (AvgIpc) is 3.00. The number of ether oxygens (including phenoxy) is 1. The first-order chi connectivity index (χ1) is 13.2. The average molecular weight is 420 g/mol. The predicted molar refractivity (Wildman–Crippen MR) is 109 cm³/mol. The number of carbonyl (C=O) groups is 2. The van der Waals surface area contributed by atoms with E-state index in [1.54, 1.807) is 36.4 Å². The summed E-state index contributed by atoms with van der Waals surface area (Å²) in [7, 11) is -2.14. The summed E-state index contributed by atoms with van der Waals surface area (Å²) in [5, 5.41) is 5.56. The summed E-state index contributed by atoms with van der Waals surface area (Å²) in [5.41, 5.74) is 1.85. The number of hydrogen-bond acceptors (Lipinski definition) is 7. The van der Waals surface area contributed by atoms with E-state index in [1.165, 1.54) is 13.2 Å². The van der Waals surface area contributed by atoms with Gasteiger partial charge in [0.1, 0.15) is 0 Å². The van der Waals surface area contributed by atoms with Crippen LogP contribution in [0, 0.1) is 0 Å². The Kier molecular flexibility index (Phi) is 5.47. The minimum absolute atomic E-state index is 0.249. The van der Waals surface area contributed by atoms with E-state index in [4.69, 9.17) is 0 Å². The highest BCUT2D eigenvalue weighted by atomic mass is 32.2. The van der Waals surface area contributed by atoms with Gasteiger partial charge in [0.05, 0.1) is 29.1 Å². The zero-order valence-corrected chi connectivity index (χ0v) is 16.5. The van der Waals surface area contributed by atoms with Gasteiger partial charge in [-0.1, -0.05) is 17.4 Å². The SMILES string of the molecule is COC(=O)c1cccc(NC(=O)Nc2ccc3nc(NS(C)(=O)=O)sc3c2)c1. The van der Waals surface area contributed by atoms with Crippen LogP contribution in [-0.4, -0.2) is 38.8 Å². The molecule has 0 radical (unpaired) electrons. The van der Waals surface area contributed by atoms with Gasteiger partial charge in [-0.2, -0.15) is 0 Å². The van der Waals surface area contributed by atoms with Crippen molar-refractivity contribution in [3.63, 3.8) is 0 Å². The third kappa shape index (κ3) is 4.96. The van der Waals surface area contributed by atoms with Crippen LogP contribution in [0.5, 0.6) is 0 Å². The van der Waals surface area contributed by atoms with Gasteiger partial charge in [0.25, 0.3) is 0 Å². The fraction of sp³-hybridized carbons (Fsp3) is 0.118. The van der Waals surface area contributed by atoms with E-state index in [2.05, 4.69) is 25.1 Å². The summed E-state index contributed by atoms with van der Waals surface area (Å²) >= 11 is 1.15. The molecule has 11 heteroatoms. The Bertz CT molecular complexity index is 1160. The van der Waals surface area contributed by atoms with Crippen molar-refractivity contribution in [1.82, 2.24) is 4.98 Å². The number of aromatic nitrogens is 1.